The summed E-state index contributed by atoms with van der Waals surface area (Å²) in [6.07, 6.45) is 0.113. The Labute approximate surface area is 101 Å². The molecule has 0 N–H and O–H groups in total. The molecular formula is C12H12BrF3. The number of alkyl halides is 4. The zero-order valence-corrected chi connectivity index (χ0v) is 10.4. The van der Waals surface area contributed by atoms with E-state index in [9.17, 15) is 13.2 Å². The molecular weight excluding hydrogens is 281 g/mol. The standard InChI is InChI=1S/C12H12BrF3/c1-9-10(5-2-3-8-13)6-4-7-11(9)12(14,15)16/h2,4-7H,3,8H2,1H3. The van der Waals surface area contributed by atoms with Crippen molar-refractivity contribution in [1.29, 1.82) is 0 Å². The zero-order valence-electron chi connectivity index (χ0n) is 8.81. The van der Waals surface area contributed by atoms with Gasteiger partial charge in [-0.25, -0.2) is 0 Å². The molecule has 4 heteroatoms. The Morgan fingerprint density at radius 3 is 2.56 bits per heavy atom. The van der Waals surface area contributed by atoms with Gasteiger partial charge in [0.25, 0.3) is 0 Å². The van der Waals surface area contributed by atoms with Crippen LogP contribution in [0.2, 0.25) is 0 Å². The normalized spacial score (nSPS) is 12.3. The lowest BCUT2D eigenvalue weighted by molar-refractivity contribution is -0.138. The minimum Gasteiger partial charge on any atom is -0.166 e. The fourth-order valence-electron chi connectivity index (χ4n) is 1.41. The van der Waals surface area contributed by atoms with Crippen molar-refractivity contribution < 1.29 is 13.2 Å². The van der Waals surface area contributed by atoms with Gasteiger partial charge < -0.3 is 0 Å². The Hall–Kier alpha value is -0.770. The molecule has 0 fully saturated rings. The molecule has 1 rings (SSSR count). The van der Waals surface area contributed by atoms with E-state index < -0.39 is 11.7 Å². The lowest BCUT2D eigenvalue weighted by atomic mass is 10.0. The highest BCUT2D eigenvalue weighted by Gasteiger charge is 2.32. The third-order valence-electron chi connectivity index (χ3n) is 2.25. The minimum atomic E-state index is -4.27. The van der Waals surface area contributed by atoms with Gasteiger partial charge in [-0.15, -0.1) is 0 Å². The van der Waals surface area contributed by atoms with E-state index in [1.165, 1.54) is 13.0 Å². The van der Waals surface area contributed by atoms with Gasteiger partial charge in [-0.3, -0.25) is 0 Å². The first-order valence-electron chi connectivity index (χ1n) is 4.86. The van der Waals surface area contributed by atoms with Crippen LogP contribution in [0.3, 0.4) is 0 Å². The van der Waals surface area contributed by atoms with E-state index in [-0.39, 0.29) is 5.56 Å². The van der Waals surface area contributed by atoms with Crippen LogP contribution in [0.15, 0.2) is 24.3 Å². The Morgan fingerprint density at radius 2 is 2.00 bits per heavy atom. The number of hydrogen-bond acceptors (Lipinski definition) is 0. The smallest absolute Gasteiger partial charge is 0.166 e. The molecule has 1 aromatic carbocycles. The van der Waals surface area contributed by atoms with Crippen molar-refractivity contribution in [3.63, 3.8) is 0 Å². The summed E-state index contributed by atoms with van der Waals surface area (Å²) in [6, 6.07) is 4.23. The van der Waals surface area contributed by atoms with Crippen molar-refractivity contribution in [2.75, 3.05) is 5.33 Å². The summed E-state index contributed by atoms with van der Waals surface area (Å²) in [7, 11) is 0. The van der Waals surface area contributed by atoms with E-state index in [1.54, 1.807) is 12.1 Å². The molecule has 0 heterocycles. The molecule has 0 unspecified atom stereocenters. The van der Waals surface area contributed by atoms with E-state index in [2.05, 4.69) is 15.9 Å². The first-order valence-corrected chi connectivity index (χ1v) is 5.98. The third-order valence-corrected chi connectivity index (χ3v) is 2.71. The summed E-state index contributed by atoms with van der Waals surface area (Å²) in [5, 5.41) is 0.807. The number of rotatable bonds is 3. The molecule has 0 aliphatic rings. The van der Waals surface area contributed by atoms with Gasteiger partial charge in [-0.1, -0.05) is 40.2 Å². The molecule has 0 aliphatic heterocycles. The van der Waals surface area contributed by atoms with Gasteiger partial charge in [-0.2, -0.15) is 13.2 Å². The molecule has 88 valence electrons. The second-order valence-electron chi connectivity index (χ2n) is 3.40. The lowest BCUT2D eigenvalue weighted by Gasteiger charge is -2.11. The zero-order chi connectivity index (χ0) is 12.2. The van der Waals surface area contributed by atoms with E-state index in [0.717, 1.165) is 17.8 Å². The highest BCUT2D eigenvalue weighted by Crippen LogP contribution is 2.33. The minimum absolute atomic E-state index is 0.279. The van der Waals surface area contributed by atoms with Gasteiger partial charge in [0.1, 0.15) is 0 Å². The molecule has 0 spiro atoms. The van der Waals surface area contributed by atoms with Gasteiger partial charge in [0.05, 0.1) is 5.56 Å². The first kappa shape index (κ1) is 13.3. The maximum absolute atomic E-state index is 12.6. The molecule has 1 aromatic rings. The summed E-state index contributed by atoms with van der Waals surface area (Å²) in [4.78, 5) is 0. The molecule has 0 amide bonds. The van der Waals surface area contributed by atoms with Crippen LogP contribution in [-0.4, -0.2) is 5.33 Å². The van der Waals surface area contributed by atoms with Gasteiger partial charge in [0, 0.05) is 5.33 Å². The monoisotopic (exact) mass is 292 g/mol. The highest BCUT2D eigenvalue weighted by atomic mass is 79.9. The topological polar surface area (TPSA) is 0 Å². The SMILES string of the molecule is Cc1c(C=CCCBr)cccc1C(F)(F)F. The largest absolute Gasteiger partial charge is 0.416 e. The van der Waals surface area contributed by atoms with Gasteiger partial charge in [-0.05, 0) is 30.5 Å². The summed E-state index contributed by atoms with van der Waals surface area (Å²) in [6.45, 7) is 1.50. The number of allylic oxidation sites excluding steroid dienone is 1. The Kier molecular flexibility index (Phi) is 4.59. The molecule has 0 atom stereocenters. The van der Waals surface area contributed by atoms with Crippen LogP contribution >= 0.6 is 15.9 Å². The summed E-state index contributed by atoms with van der Waals surface area (Å²) in [5.74, 6) is 0. The molecule has 0 saturated heterocycles. The van der Waals surface area contributed by atoms with Crippen molar-refractivity contribution in [2.24, 2.45) is 0 Å². The predicted octanol–water partition coefficient (Wildman–Crippen LogP) is 4.81. The van der Waals surface area contributed by atoms with Crippen molar-refractivity contribution in [3.05, 3.63) is 41.0 Å². The van der Waals surface area contributed by atoms with E-state index in [4.69, 9.17) is 0 Å². The molecule has 0 aromatic heterocycles. The van der Waals surface area contributed by atoms with Crippen LogP contribution in [0, 0.1) is 6.92 Å². The number of benzene rings is 1. The van der Waals surface area contributed by atoms with E-state index in [1.807, 2.05) is 6.08 Å². The second-order valence-corrected chi connectivity index (χ2v) is 4.19. The summed E-state index contributed by atoms with van der Waals surface area (Å²) in [5.41, 5.74) is 0.338. The van der Waals surface area contributed by atoms with Crippen LogP contribution in [0.25, 0.3) is 6.08 Å². The molecule has 0 bridgehead atoms. The van der Waals surface area contributed by atoms with Gasteiger partial charge in [0.2, 0.25) is 0 Å². The first-order chi connectivity index (χ1) is 7.46. The molecule has 0 radical (unpaired) electrons. The van der Waals surface area contributed by atoms with E-state index >= 15 is 0 Å². The fraction of sp³-hybridized carbons (Fsp3) is 0.333. The van der Waals surface area contributed by atoms with Crippen LogP contribution in [0.4, 0.5) is 13.2 Å². The maximum Gasteiger partial charge on any atom is 0.416 e. The summed E-state index contributed by atoms with van der Waals surface area (Å²) >= 11 is 3.26. The third kappa shape index (κ3) is 3.37. The molecule has 16 heavy (non-hydrogen) atoms. The Morgan fingerprint density at radius 1 is 1.31 bits per heavy atom. The fourth-order valence-corrected chi connectivity index (χ4v) is 1.68. The van der Waals surface area contributed by atoms with Crippen LogP contribution in [0.5, 0.6) is 0 Å². The highest BCUT2D eigenvalue weighted by molar-refractivity contribution is 9.09. The maximum atomic E-state index is 12.6. The number of halogens is 4. The van der Waals surface area contributed by atoms with Gasteiger partial charge >= 0.3 is 6.18 Å². The van der Waals surface area contributed by atoms with Crippen molar-refractivity contribution >= 4 is 22.0 Å². The van der Waals surface area contributed by atoms with E-state index in [0.29, 0.717) is 5.56 Å². The van der Waals surface area contributed by atoms with Crippen molar-refractivity contribution in [3.8, 4) is 0 Å². The molecule has 0 aliphatic carbocycles. The van der Waals surface area contributed by atoms with Crippen LogP contribution in [-0.2, 0) is 6.18 Å². The van der Waals surface area contributed by atoms with Crippen molar-refractivity contribution in [1.82, 2.24) is 0 Å². The molecule has 0 nitrogen and oxygen atoms in total. The number of hydrogen-bond donors (Lipinski definition) is 0. The van der Waals surface area contributed by atoms with Crippen molar-refractivity contribution in [2.45, 2.75) is 19.5 Å². The van der Waals surface area contributed by atoms with Crippen LogP contribution < -0.4 is 0 Å². The Balaban J connectivity index is 3.05. The quantitative estimate of drug-likeness (QED) is 0.701. The molecule has 0 saturated carbocycles. The predicted molar refractivity (Wildman–Crippen MR) is 63.6 cm³/mol. The Bertz CT molecular complexity index is 380. The lowest BCUT2D eigenvalue weighted by Crippen LogP contribution is -2.07. The van der Waals surface area contributed by atoms with Gasteiger partial charge in [0.15, 0.2) is 0 Å². The summed E-state index contributed by atoms with van der Waals surface area (Å²) < 4.78 is 37.8. The average molecular weight is 293 g/mol. The van der Waals surface area contributed by atoms with Crippen LogP contribution in [0.1, 0.15) is 23.1 Å². The second kappa shape index (κ2) is 5.53. The average Bonchev–Trinajstić information content (AvgIpc) is 2.19.